The van der Waals surface area contributed by atoms with Crippen LogP contribution >= 0.6 is 0 Å². The molecule has 8 nitrogen and oxygen atoms in total. The summed E-state index contributed by atoms with van der Waals surface area (Å²) in [5.41, 5.74) is 3.50. The topological polar surface area (TPSA) is 102 Å². The molecule has 4 rings (SSSR count). The number of rotatable bonds is 8. The van der Waals surface area contributed by atoms with E-state index in [9.17, 15) is 14.7 Å². The number of nitrogens with zero attached hydrogens (tertiary/aromatic N) is 3. The lowest BCUT2D eigenvalue weighted by Crippen LogP contribution is -2.75. The molecule has 2 aliphatic rings. The summed E-state index contributed by atoms with van der Waals surface area (Å²) in [5.74, 6) is -0.412. The predicted molar refractivity (Wildman–Crippen MR) is 139 cm³/mol. The summed E-state index contributed by atoms with van der Waals surface area (Å²) >= 11 is 0. The Morgan fingerprint density at radius 1 is 1.14 bits per heavy atom. The Kier molecular flexibility index (Phi) is 7.85. The van der Waals surface area contributed by atoms with Crippen LogP contribution in [-0.2, 0) is 9.59 Å². The molecule has 2 fully saturated rings. The highest BCUT2D eigenvalue weighted by Gasteiger charge is 2.55. The van der Waals surface area contributed by atoms with E-state index >= 15 is 0 Å². The van der Waals surface area contributed by atoms with E-state index in [1.807, 2.05) is 26.8 Å². The lowest BCUT2D eigenvalue weighted by molar-refractivity contribution is -0.165. The van der Waals surface area contributed by atoms with Crippen LogP contribution in [0.25, 0.3) is 0 Å². The van der Waals surface area contributed by atoms with Crippen LogP contribution in [0.15, 0.2) is 30.3 Å². The van der Waals surface area contributed by atoms with Crippen molar-refractivity contribution in [1.82, 2.24) is 25.3 Å². The highest BCUT2D eigenvalue weighted by atomic mass is 16.3. The van der Waals surface area contributed by atoms with Crippen LogP contribution in [-0.4, -0.2) is 74.2 Å². The maximum atomic E-state index is 13.7. The van der Waals surface area contributed by atoms with Gasteiger partial charge >= 0.3 is 0 Å². The first-order valence-electron chi connectivity index (χ1n) is 13.3. The first-order chi connectivity index (χ1) is 17.2. The molecule has 2 saturated heterocycles. The van der Waals surface area contributed by atoms with Gasteiger partial charge in [-0.25, -0.2) is 0 Å². The van der Waals surface area contributed by atoms with Crippen molar-refractivity contribution in [2.75, 3.05) is 19.6 Å². The largest absolute Gasteiger partial charge is 0.390 e. The molecule has 3 heterocycles. The van der Waals surface area contributed by atoms with Crippen LogP contribution in [0.4, 0.5) is 0 Å². The van der Waals surface area contributed by atoms with Gasteiger partial charge in [0.1, 0.15) is 11.6 Å². The number of hydrogen-bond donors (Lipinski definition) is 3. The van der Waals surface area contributed by atoms with Crippen LogP contribution in [0.2, 0.25) is 0 Å². The minimum Gasteiger partial charge on any atom is -0.390 e. The number of amides is 2. The maximum Gasteiger partial charge on any atom is 0.248 e. The van der Waals surface area contributed by atoms with E-state index in [4.69, 9.17) is 0 Å². The zero-order valence-electron chi connectivity index (χ0n) is 22.3. The molecule has 196 valence electrons. The molecule has 1 spiro atoms. The first-order valence-corrected chi connectivity index (χ1v) is 13.3. The average molecular weight is 496 g/mol. The lowest BCUT2D eigenvalue weighted by Gasteiger charge is -2.53. The Bertz CT molecular complexity index is 1040. The molecule has 36 heavy (non-hydrogen) atoms. The number of nitrogens with one attached hydrogen (secondary N) is 2. The average Bonchev–Trinajstić information content (AvgIpc) is 3.20. The molecule has 2 aliphatic heterocycles. The van der Waals surface area contributed by atoms with Crippen molar-refractivity contribution in [2.45, 2.75) is 84.0 Å². The SMILES string of the molecule is CCCCN1C(=O)[C@H]([C@@H](O)C(C)C)NC(=O)C12CCN(C(c1ccccc1)c1c(C)n[nH]c1C)CC2. The van der Waals surface area contributed by atoms with Crippen LogP contribution in [0, 0.1) is 19.8 Å². The molecule has 0 aliphatic carbocycles. The number of H-pyrrole nitrogens is 1. The number of piperazine rings is 1. The van der Waals surface area contributed by atoms with Crippen LogP contribution < -0.4 is 5.32 Å². The van der Waals surface area contributed by atoms with Crippen LogP contribution in [0.1, 0.15) is 75.0 Å². The minimum absolute atomic E-state index is 0.0178. The van der Waals surface area contributed by atoms with Gasteiger partial charge in [-0.3, -0.25) is 19.6 Å². The van der Waals surface area contributed by atoms with Crippen molar-refractivity contribution < 1.29 is 14.7 Å². The van der Waals surface area contributed by atoms with Crippen molar-refractivity contribution in [3.8, 4) is 0 Å². The fraction of sp³-hybridized carbons (Fsp3) is 0.607. The Hall–Kier alpha value is -2.71. The number of aromatic nitrogens is 2. The molecule has 2 aromatic rings. The molecule has 3 N–H and O–H groups in total. The maximum absolute atomic E-state index is 13.7. The smallest absolute Gasteiger partial charge is 0.248 e. The number of carbonyl (C=O) groups excluding carboxylic acids is 2. The molecule has 3 atom stereocenters. The molecular weight excluding hydrogens is 454 g/mol. The van der Waals surface area contributed by atoms with Crippen molar-refractivity contribution in [2.24, 2.45) is 5.92 Å². The number of unbranched alkanes of at least 4 members (excludes halogenated alkanes) is 1. The summed E-state index contributed by atoms with van der Waals surface area (Å²) in [4.78, 5) is 31.5. The van der Waals surface area contributed by atoms with Crippen LogP contribution in [0.3, 0.4) is 0 Å². The molecule has 8 heteroatoms. The molecule has 1 aromatic carbocycles. The van der Waals surface area contributed by atoms with E-state index < -0.39 is 17.7 Å². The second-order valence-electron chi connectivity index (χ2n) is 10.8. The van der Waals surface area contributed by atoms with Gasteiger partial charge < -0.3 is 15.3 Å². The van der Waals surface area contributed by atoms with E-state index in [1.165, 1.54) is 11.1 Å². The molecule has 0 saturated carbocycles. The minimum atomic E-state index is -0.905. The van der Waals surface area contributed by atoms with E-state index in [0.29, 0.717) is 32.5 Å². The number of aryl methyl sites for hydroxylation is 2. The molecule has 2 amide bonds. The Morgan fingerprint density at radius 3 is 2.36 bits per heavy atom. The standard InChI is InChI=1S/C28H41N5O3/c1-6-7-15-33-26(35)23(25(34)18(2)3)29-27(36)28(33)13-16-32(17-14-28)24(21-11-9-8-10-12-21)22-19(4)30-31-20(22)5/h8-12,18,23-25,34H,6-7,13-17H2,1-5H3,(H,29,36)(H,30,31)/t23-,24?,25-/m0/s1. The summed E-state index contributed by atoms with van der Waals surface area (Å²) in [6.07, 6.45) is 1.96. The highest BCUT2D eigenvalue weighted by Crippen LogP contribution is 2.39. The van der Waals surface area contributed by atoms with Gasteiger partial charge in [-0.1, -0.05) is 57.5 Å². The summed E-state index contributed by atoms with van der Waals surface area (Å²) in [6.45, 7) is 11.8. The van der Waals surface area contributed by atoms with Crippen molar-refractivity contribution in [3.63, 3.8) is 0 Å². The second-order valence-corrected chi connectivity index (χ2v) is 10.8. The van der Waals surface area contributed by atoms with Gasteiger partial charge in [-0.2, -0.15) is 5.10 Å². The predicted octanol–water partition coefficient (Wildman–Crippen LogP) is 3.09. The summed E-state index contributed by atoms with van der Waals surface area (Å²) in [7, 11) is 0. The quantitative estimate of drug-likeness (QED) is 0.522. The molecule has 1 unspecified atom stereocenters. The van der Waals surface area contributed by atoms with Gasteiger partial charge in [0, 0.05) is 30.9 Å². The van der Waals surface area contributed by atoms with Gasteiger partial charge in [0.05, 0.1) is 17.8 Å². The Labute approximate surface area is 214 Å². The van der Waals surface area contributed by atoms with E-state index in [2.05, 4.69) is 58.5 Å². The Morgan fingerprint density at radius 2 is 1.81 bits per heavy atom. The monoisotopic (exact) mass is 495 g/mol. The summed E-state index contributed by atoms with van der Waals surface area (Å²) < 4.78 is 0. The first kappa shape index (κ1) is 26.4. The normalized spacial score (nSPS) is 22.2. The third-order valence-electron chi connectivity index (χ3n) is 8.08. The number of aliphatic hydroxyl groups is 1. The molecular formula is C28H41N5O3. The van der Waals surface area contributed by atoms with E-state index in [0.717, 1.165) is 24.2 Å². The zero-order valence-corrected chi connectivity index (χ0v) is 22.3. The number of hydrogen-bond acceptors (Lipinski definition) is 5. The number of piperidine rings is 1. The van der Waals surface area contributed by atoms with Gasteiger partial charge in [-0.15, -0.1) is 0 Å². The summed E-state index contributed by atoms with van der Waals surface area (Å²) in [5, 5.41) is 21.2. The lowest BCUT2D eigenvalue weighted by atomic mass is 9.79. The van der Waals surface area contributed by atoms with Gasteiger partial charge in [0.15, 0.2) is 0 Å². The van der Waals surface area contributed by atoms with Gasteiger partial charge in [0.2, 0.25) is 11.8 Å². The second kappa shape index (κ2) is 10.7. The number of aromatic amines is 1. The van der Waals surface area contributed by atoms with E-state index in [1.54, 1.807) is 4.90 Å². The molecule has 0 radical (unpaired) electrons. The fourth-order valence-corrected chi connectivity index (χ4v) is 5.90. The zero-order chi connectivity index (χ0) is 26.0. The Balaban J connectivity index is 1.63. The third-order valence-corrected chi connectivity index (χ3v) is 8.08. The van der Waals surface area contributed by atoms with E-state index in [-0.39, 0.29) is 23.8 Å². The number of likely N-dealkylation sites (tertiary alicyclic amines) is 1. The number of aliphatic hydroxyl groups excluding tert-OH is 1. The highest BCUT2D eigenvalue weighted by molar-refractivity contribution is 6.00. The van der Waals surface area contributed by atoms with Crippen LogP contribution in [0.5, 0.6) is 0 Å². The van der Waals surface area contributed by atoms with Crippen molar-refractivity contribution in [3.05, 3.63) is 52.8 Å². The number of carbonyl (C=O) groups is 2. The fourth-order valence-electron chi connectivity index (χ4n) is 5.90. The van der Waals surface area contributed by atoms with Gasteiger partial charge in [-0.05, 0) is 44.6 Å². The molecule has 0 bridgehead atoms. The molecule has 1 aromatic heterocycles. The summed E-state index contributed by atoms with van der Waals surface area (Å²) in [6, 6.07) is 9.55. The van der Waals surface area contributed by atoms with Crippen molar-refractivity contribution in [1.29, 1.82) is 0 Å². The van der Waals surface area contributed by atoms with Crippen molar-refractivity contribution >= 4 is 11.8 Å². The van der Waals surface area contributed by atoms with Gasteiger partial charge in [0.25, 0.3) is 0 Å². The number of benzene rings is 1. The third kappa shape index (κ3) is 4.68.